The van der Waals surface area contributed by atoms with Crippen LogP contribution in [-0.2, 0) is 4.79 Å². The Morgan fingerprint density at radius 2 is 1.88 bits per heavy atom. The van der Waals surface area contributed by atoms with Crippen LogP contribution >= 0.6 is 11.3 Å². The van der Waals surface area contributed by atoms with Crippen molar-refractivity contribution in [2.24, 2.45) is 0 Å². The highest BCUT2D eigenvalue weighted by Gasteiger charge is 2.20. The standard InChI is InChI=1S/C18H18N6OS/c25-18(6-3-15-2-1-13-26-15)23-11-9-22(10-12-23)16-4-5-17(21-20-16)24-8-7-19-14-24/h1-8,13-14H,9-12H2. The highest BCUT2D eigenvalue weighted by Crippen LogP contribution is 2.15. The number of rotatable bonds is 4. The van der Waals surface area contributed by atoms with Crippen molar-refractivity contribution in [2.45, 2.75) is 0 Å². The van der Waals surface area contributed by atoms with E-state index in [4.69, 9.17) is 0 Å². The zero-order chi connectivity index (χ0) is 17.8. The average Bonchev–Trinajstić information content (AvgIpc) is 3.40. The fourth-order valence-corrected chi connectivity index (χ4v) is 3.44. The van der Waals surface area contributed by atoms with Gasteiger partial charge in [-0.1, -0.05) is 6.07 Å². The van der Waals surface area contributed by atoms with Crippen LogP contribution in [0.2, 0.25) is 0 Å². The molecule has 0 unspecified atom stereocenters. The van der Waals surface area contributed by atoms with Gasteiger partial charge in [-0.3, -0.25) is 9.36 Å². The molecule has 0 spiro atoms. The van der Waals surface area contributed by atoms with Crippen LogP contribution in [0.25, 0.3) is 11.9 Å². The molecule has 3 aromatic heterocycles. The molecule has 0 N–H and O–H groups in total. The van der Waals surface area contributed by atoms with Gasteiger partial charge in [0.15, 0.2) is 11.6 Å². The van der Waals surface area contributed by atoms with Crippen molar-refractivity contribution in [1.29, 1.82) is 0 Å². The van der Waals surface area contributed by atoms with E-state index in [0.29, 0.717) is 13.1 Å². The first kappa shape index (κ1) is 16.5. The molecule has 4 heterocycles. The van der Waals surface area contributed by atoms with Crippen LogP contribution < -0.4 is 4.90 Å². The predicted octanol–water partition coefficient (Wildman–Crippen LogP) is 2.09. The van der Waals surface area contributed by atoms with E-state index < -0.39 is 0 Å². The summed E-state index contributed by atoms with van der Waals surface area (Å²) < 4.78 is 1.81. The summed E-state index contributed by atoms with van der Waals surface area (Å²) in [6, 6.07) is 7.85. The predicted molar refractivity (Wildman–Crippen MR) is 101 cm³/mol. The van der Waals surface area contributed by atoms with Gasteiger partial charge in [0.25, 0.3) is 0 Å². The molecule has 26 heavy (non-hydrogen) atoms. The highest BCUT2D eigenvalue weighted by molar-refractivity contribution is 7.10. The van der Waals surface area contributed by atoms with E-state index in [2.05, 4.69) is 20.1 Å². The first-order valence-corrected chi connectivity index (χ1v) is 9.25. The Labute approximate surface area is 155 Å². The van der Waals surface area contributed by atoms with Gasteiger partial charge in [0, 0.05) is 49.5 Å². The molecule has 8 heteroatoms. The number of hydrogen-bond acceptors (Lipinski definition) is 6. The molecule has 1 fully saturated rings. The lowest BCUT2D eigenvalue weighted by Crippen LogP contribution is -2.48. The van der Waals surface area contributed by atoms with E-state index in [9.17, 15) is 4.79 Å². The third-order valence-corrected chi connectivity index (χ3v) is 5.09. The molecule has 4 rings (SSSR count). The molecule has 0 radical (unpaired) electrons. The molecule has 1 saturated heterocycles. The maximum Gasteiger partial charge on any atom is 0.246 e. The van der Waals surface area contributed by atoms with Gasteiger partial charge < -0.3 is 9.80 Å². The summed E-state index contributed by atoms with van der Waals surface area (Å²) in [6.45, 7) is 2.85. The molecule has 1 aliphatic rings. The van der Waals surface area contributed by atoms with Crippen LogP contribution in [0.3, 0.4) is 0 Å². The SMILES string of the molecule is O=C(C=Cc1cccs1)N1CCN(c2ccc(-n3ccnc3)nn2)CC1. The molecule has 0 bridgehead atoms. The quantitative estimate of drug-likeness (QED) is 0.662. The molecule has 1 amide bonds. The summed E-state index contributed by atoms with van der Waals surface area (Å²) in [5.41, 5.74) is 0. The number of hydrogen-bond donors (Lipinski definition) is 0. The third kappa shape index (κ3) is 3.65. The number of nitrogens with zero attached hydrogens (tertiary/aromatic N) is 6. The summed E-state index contributed by atoms with van der Waals surface area (Å²) in [5.74, 6) is 1.62. The molecular formula is C18H18N6OS. The number of aromatic nitrogens is 4. The maximum atomic E-state index is 12.3. The molecule has 1 aliphatic heterocycles. The molecule has 0 atom stereocenters. The third-order valence-electron chi connectivity index (χ3n) is 4.25. The Kier molecular flexibility index (Phi) is 4.74. The molecule has 7 nitrogen and oxygen atoms in total. The summed E-state index contributed by atoms with van der Waals surface area (Å²) in [6.07, 6.45) is 8.76. The van der Waals surface area contributed by atoms with Crippen molar-refractivity contribution in [2.75, 3.05) is 31.1 Å². The second kappa shape index (κ2) is 7.49. The van der Waals surface area contributed by atoms with Crippen molar-refractivity contribution in [3.8, 4) is 5.82 Å². The monoisotopic (exact) mass is 366 g/mol. The fourth-order valence-electron chi connectivity index (χ4n) is 2.82. The summed E-state index contributed by atoms with van der Waals surface area (Å²) in [5, 5.41) is 10.6. The summed E-state index contributed by atoms with van der Waals surface area (Å²) in [7, 11) is 0. The van der Waals surface area contributed by atoms with E-state index in [1.165, 1.54) is 0 Å². The number of thiophene rings is 1. The van der Waals surface area contributed by atoms with E-state index in [1.54, 1.807) is 29.9 Å². The second-order valence-electron chi connectivity index (χ2n) is 5.88. The smallest absolute Gasteiger partial charge is 0.246 e. The number of amides is 1. The minimum absolute atomic E-state index is 0.0552. The Morgan fingerprint density at radius 1 is 1.08 bits per heavy atom. The Bertz CT molecular complexity index is 865. The van der Waals surface area contributed by atoms with Gasteiger partial charge in [-0.2, -0.15) is 0 Å². The van der Waals surface area contributed by atoms with Crippen LogP contribution in [-0.4, -0.2) is 56.7 Å². The Balaban J connectivity index is 1.34. The lowest BCUT2D eigenvalue weighted by atomic mass is 10.3. The summed E-state index contributed by atoms with van der Waals surface area (Å²) in [4.78, 5) is 21.4. The minimum atomic E-state index is 0.0552. The largest absolute Gasteiger partial charge is 0.352 e. The van der Waals surface area contributed by atoms with Crippen molar-refractivity contribution >= 4 is 29.1 Å². The Hall–Kier alpha value is -3.00. The van der Waals surface area contributed by atoms with Gasteiger partial charge in [0.2, 0.25) is 5.91 Å². The topological polar surface area (TPSA) is 67.2 Å². The maximum absolute atomic E-state index is 12.3. The van der Waals surface area contributed by atoms with E-state index in [0.717, 1.165) is 29.6 Å². The van der Waals surface area contributed by atoms with Crippen molar-refractivity contribution in [3.05, 3.63) is 59.3 Å². The number of anilines is 1. The number of imidazole rings is 1. The van der Waals surface area contributed by atoms with E-state index in [-0.39, 0.29) is 5.91 Å². The number of carbonyl (C=O) groups excluding carboxylic acids is 1. The zero-order valence-electron chi connectivity index (χ0n) is 14.1. The fraction of sp³-hybridized carbons (Fsp3) is 0.222. The second-order valence-corrected chi connectivity index (χ2v) is 6.86. The first-order chi connectivity index (χ1) is 12.8. The molecule has 132 valence electrons. The van der Waals surface area contributed by atoms with Gasteiger partial charge in [0.1, 0.15) is 6.33 Å². The summed E-state index contributed by atoms with van der Waals surface area (Å²) >= 11 is 1.62. The molecule has 0 aliphatic carbocycles. The first-order valence-electron chi connectivity index (χ1n) is 8.37. The molecular weight excluding hydrogens is 348 g/mol. The number of piperazine rings is 1. The van der Waals surface area contributed by atoms with Crippen LogP contribution in [0.4, 0.5) is 5.82 Å². The molecule has 0 saturated carbocycles. The zero-order valence-corrected chi connectivity index (χ0v) is 14.9. The van der Waals surface area contributed by atoms with Crippen LogP contribution in [0, 0.1) is 0 Å². The van der Waals surface area contributed by atoms with Crippen molar-refractivity contribution in [1.82, 2.24) is 24.6 Å². The van der Waals surface area contributed by atoms with Crippen molar-refractivity contribution in [3.63, 3.8) is 0 Å². The van der Waals surface area contributed by atoms with Crippen LogP contribution in [0.15, 0.2) is 54.4 Å². The van der Waals surface area contributed by atoms with E-state index >= 15 is 0 Å². The molecule has 0 aromatic carbocycles. The molecule has 3 aromatic rings. The van der Waals surface area contributed by atoms with E-state index in [1.807, 2.05) is 51.4 Å². The normalized spacial score (nSPS) is 14.9. The number of carbonyl (C=O) groups is 1. The minimum Gasteiger partial charge on any atom is -0.352 e. The lowest BCUT2D eigenvalue weighted by Gasteiger charge is -2.34. The van der Waals surface area contributed by atoms with Crippen LogP contribution in [0.1, 0.15) is 4.88 Å². The average molecular weight is 366 g/mol. The van der Waals surface area contributed by atoms with Gasteiger partial charge in [-0.15, -0.1) is 21.5 Å². The van der Waals surface area contributed by atoms with Gasteiger partial charge in [-0.05, 0) is 29.7 Å². The van der Waals surface area contributed by atoms with Crippen LogP contribution in [0.5, 0.6) is 0 Å². The van der Waals surface area contributed by atoms with Gasteiger partial charge >= 0.3 is 0 Å². The lowest BCUT2D eigenvalue weighted by molar-refractivity contribution is -0.126. The van der Waals surface area contributed by atoms with Crippen molar-refractivity contribution < 1.29 is 4.79 Å². The highest BCUT2D eigenvalue weighted by atomic mass is 32.1. The van der Waals surface area contributed by atoms with Gasteiger partial charge in [0.05, 0.1) is 0 Å². The Morgan fingerprint density at radius 3 is 2.54 bits per heavy atom. The van der Waals surface area contributed by atoms with Gasteiger partial charge in [-0.25, -0.2) is 4.98 Å².